The number of aromatic nitrogens is 2. The van der Waals surface area contributed by atoms with Gasteiger partial charge in [-0.3, -0.25) is 0 Å². The Kier molecular flexibility index (Phi) is 2.75. The summed E-state index contributed by atoms with van der Waals surface area (Å²) in [6.07, 6.45) is 5.34. The summed E-state index contributed by atoms with van der Waals surface area (Å²) in [7, 11) is 0. The third-order valence-corrected chi connectivity index (χ3v) is 2.60. The molecule has 3 nitrogen and oxygen atoms in total. The molecule has 78 valence electrons. The molecule has 0 aliphatic carbocycles. The summed E-state index contributed by atoms with van der Waals surface area (Å²) in [6, 6.07) is 5.77. The van der Waals surface area contributed by atoms with E-state index in [1.54, 1.807) is 12.5 Å². The maximum absolute atomic E-state index is 6.13. The molecule has 0 saturated heterocycles. The van der Waals surface area contributed by atoms with Crippen molar-refractivity contribution in [2.75, 3.05) is 0 Å². The Balaban J connectivity index is 2.42. The third-order valence-electron chi connectivity index (χ3n) is 2.28. The highest BCUT2D eigenvalue weighted by Crippen LogP contribution is 2.24. The zero-order valence-electron chi connectivity index (χ0n) is 8.39. The number of benzene rings is 1. The van der Waals surface area contributed by atoms with Crippen molar-refractivity contribution in [1.29, 1.82) is 0 Å². The fraction of sp³-hybridized carbons (Fsp3) is 0.182. The van der Waals surface area contributed by atoms with Crippen LogP contribution >= 0.6 is 11.6 Å². The number of nitrogens with two attached hydrogens (primary N) is 1. The van der Waals surface area contributed by atoms with E-state index in [0.717, 1.165) is 11.3 Å². The van der Waals surface area contributed by atoms with Crippen LogP contribution in [0.5, 0.6) is 0 Å². The molecule has 15 heavy (non-hydrogen) atoms. The van der Waals surface area contributed by atoms with Crippen molar-refractivity contribution >= 4 is 11.6 Å². The van der Waals surface area contributed by atoms with Crippen LogP contribution in [0.25, 0.3) is 5.69 Å². The molecule has 0 aliphatic heterocycles. The second-order valence-corrected chi connectivity index (χ2v) is 3.87. The molecule has 2 N–H and O–H groups in total. The molecule has 1 atom stereocenters. The van der Waals surface area contributed by atoms with E-state index >= 15 is 0 Å². The SMILES string of the molecule is CC(N)c1ccc(-n2ccnc2)cc1Cl. The lowest BCUT2D eigenvalue weighted by atomic mass is 10.1. The van der Waals surface area contributed by atoms with Crippen molar-refractivity contribution < 1.29 is 0 Å². The van der Waals surface area contributed by atoms with E-state index in [2.05, 4.69) is 4.98 Å². The molecule has 0 amide bonds. The van der Waals surface area contributed by atoms with Gasteiger partial charge in [-0.25, -0.2) is 4.98 Å². The number of imidazole rings is 1. The maximum atomic E-state index is 6.13. The van der Waals surface area contributed by atoms with Gasteiger partial charge in [0.05, 0.1) is 6.33 Å². The number of hydrogen-bond donors (Lipinski definition) is 1. The molecule has 2 rings (SSSR count). The molecule has 1 aromatic heterocycles. The topological polar surface area (TPSA) is 43.8 Å². The van der Waals surface area contributed by atoms with Crippen LogP contribution in [-0.4, -0.2) is 9.55 Å². The maximum Gasteiger partial charge on any atom is 0.0991 e. The molecular weight excluding hydrogens is 210 g/mol. The van der Waals surface area contributed by atoms with Crippen molar-refractivity contribution in [3.63, 3.8) is 0 Å². The van der Waals surface area contributed by atoms with Gasteiger partial charge in [0, 0.05) is 29.1 Å². The number of nitrogens with zero attached hydrogens (tertiary/aromatic N) is 2. The lowest BCUT2D eigenvalue weighted by Gasteiger charge is -2.10. The van der Waals surface area contributed by atoms with E-state index in [-0.39, 0.29) is 6.04 Å². The Morgan fingerprint density at radius 3 is 2.80 bits per heavy atom. The minimum absolute atomic E-state index is 0.0469. The summed E-state index contributed by atoms with van der Waals surface area (Å²) in [5.41, 5.74) is 7.73. The minimum Gasteiger partial charge on any atom is -0.324 e. The summed E-state index contributed by atoms with van der Waals surface area (Å²) in [5.74, 6) is 0. The fourth-order valence-electron chi connectivity index (χ4n) is 1.46. The molecule has 1 heterocycles. The van der Waals surface area contributed by atoms with Gasteiger partial charge < -0.3 is 10.3 Å². The van der Waals surface area contributed by atoms with Crippen molar-refractivity contribution in [1.82, 2.24) is 9.55 Å². The first-order chi connectivity index (χ1) is 7.18. The molecular formula is C11H12ClN3. The molecule has 0 fully saturated rings. The summed E-state index contributed by atoms with van der Waals surface area (Å²) in [6.45, 7) is 1.91. The Bertz CT molecular complexity index is 449. The highest BCUT2D eigenvalue weighted by Gasteiger charge is 2.06. The van der Waals surface area contributed by atoms with Gasteiger partial charge in [-0.05, 0) is 24.6 Å². The largest absolute Gasteiger partial charge is 0.324 e. The molecule has 0 radical (unpaired) electrons. The van der Waals surface area contributed by atoms with E-state index in [1.807, 2.05) is 35.9 Å². The summed E-state index contributed by atoms with van der Waals surface area (Å²) < 4.78 is 1.90. The zero-order valence-corrected chi connectivity index (χ0v) is 9.15. The van der Waals surface area contributed by atoms with Gasteiger partial charge in [0.25, 0.3) is 0 Å². The molecule has 0 saturated carbocycles. The van der Waals surface area contributed by atoms with E-state index in [9.17, 15) is 0 Å². The van der Waals surface area contributed by atoms with E-state index in [4.69, 9.17) is 17.3 Å². The minimum atomic E-state index is -0.0469. The van der Waals surface area contributed by atoms with Crippen LogP contribution in [0.3, 0.4) is 0 Å². The van der Waals surface area contributed by atoms with Crippen molar-refractivity contribution in [2.45, 2.75) is 13.0 Å². The molecule has 1 aromatic carbocycles. The molecule has 4 heteroatoms. The number of rotatable bonds is 2. The average Bonchev–Trinajstić information content (AvgIpc) is 2.69. The van der Waals surface area contributed by atoms with Gasteiger partial charge in [0.2, 0.25) is 0 Å². The Labute approximate surface area is 93.5 Å². The van der Waals surface area contributed by atoms with Gasteiger partial charge in [0.15, 0.2) is 0 Å². The van der Waals surface area contributed by atoms with Crippen LogP contribution in [0.1, 0.15) is 18.5 Å². The first-order valence-electron chi connectivity index (χ1n) is 4.72. The summed E-state index contributed by atoms with van der Waals surface area (Å²) >= 11 is 6.13. The van der Waals surface area contributed by atoms with Crippen molar-refractivity contribution in [3.8, 4) is 5.69 Å². The summed E-state index contributed by atoms with van der Waals surface area (Å²) in [5, 5.41) is 0.691. The smallest absolute Gasteiger partial charge is 0.0991 e. The van der Waals surface area contributed by atoms with Crippen LogP contribution in [0, 0.1) is 0 Å². The Hall–Kier alpha value is -1.32. The Morgan fingerprint density at radius 1 is 1.47 bits per heavy atom. The molecule has 2 aromatic rings. The fourth-order valence-corrected chi connectivity index (χ4v) is 1.80. The number of hydrogen-bond acceptors (Lipinski definition) is 2. The average molecular weight is 222 g/mol. The highest BCUT2D eigenvalue weighted by atomic mass is 35.5. The zero-order chi connectivity index (χ0) is 10.8. The van der Waals surface area contributed by atoms with Crippen molar-refractivity contribution in [2.24, 2.45) is 5.73 Å². The third kappa shape index (κ3) is 2.03. The van der Waals surface area contributed by atoms with Gasteiger partial charge in [-0.1, -0.05) is 17.7 Å². The highest BCUT2D eigenvalue weighted by molar-refractivity contribution is 6.31. The predicted molar refractivity (Wildman–Crippen MR) is 61.2 cm³/mol. The van der Waals surface area contributed by atoms with E-state index < -0.39 is 0 Å². The van der Waals surface area contributed by atoms with Crippen LogP contribution in [-0.2, 0) is 0 Å². The van der Waals surface area contributed by atoms with E-state index in [0.29, 0.717) is 5.02 Å². The first-order valence-corrected chi connectivity index (χ1v) is 5.09. The van der Waals surface area contributed by atoms with Gasteiger partial charge in [0.1, 0.15) is 0 Å². The van der Waals surface area contributed by atoms with Gasteiger partial charge in [-0.2, -0.15) is 0 Å². The quantitative estimate of drug-likeness (QED) is 0.847. The lowest BCUT2D eigenvalue weighted by Crippen LogP contribution is -2.06. The molecule has 1 unspecified atom stereocenters. The second-order valence-electron chi connectivity index (χ2n) is 3.46. The summed E-state index contributed by atoms with van der Waals surface area (Å²) in [4.78, 5) is 3.98. The van der Waals surface area contributed by atoms with Crippen molar-refractivity contribution in [3.05, 3.63) is 47.5 Å². The van der Waals surface area contributed by atoms with Crippen LogP contribution in [0.2, 0.25) is 5.02 Å². The van der Waals surface area contributed by atoms with E-state index in [1.165, 1.54) is 0 Å². The van der Waals surface area contributed by atoms with Gasteiger partial charge >= 0.3 is 0 Å². The van der Waals surface area contributed by atoms with Gasteiger partial charge in [-0.15, -0.1) is 0 Å². The molecule has 0 spiro atoms. The molecule has 0 bridgehead atoms. The standard InChI is InChI=1S/C11H12ClN3/c1-8(13)10-3-2-9(6-11(10)12)15-5-4-14-7-15/h2-8H,13H2,1H3. The van der Waals surface area contributed by atoms with Crippen LogP contribution in [0.15, 0.2) is 36.9 Å². The first kappa shape index (κ1) is 10.2. The van der Waals surface area contributed by atoms with Crippen LogP contribution in [0.4, 0.5) is 0 Å². The van der Waals surface area contributed by atoms with Crippen LogP contribution < -0.4 is 5.73 Å². The normalized spacial score (nSPS) is 12.7. The molecule has 0 aliphatic rings. The predicted octanol–water partition coefficient (Wildman–Crippen LogP) is 2.55. The monoisotopic (exact) mass is 221 g/mol. The second kappa shape index (κ2) is 4.04. The Morgan fingerprint density at radius 2 is 2.27 bits per heavy atom. The lowest BCUT2D eigenvalue weighted by molar-refractivity contribution is 0.817. The number of halogens is 1.